The van der Waals surface area contributed by atoms with Gasteiger partial charge < -0.3 is 20.1 Å². The summed E-state index contributed by atoms with van der Waals surface area (Å²) < 4.78 is 4.94. The molecule has 1 atom stereocenters. The van der Waals surface area contributed by atoms with Crippen LogP contribution >= 0.6 is 0 Å². The number of hydrogen-bond acceptors (Lipinski definition) is 4. The maximum Gasteiger partial charge on any atom is 0.0791 e. The molecule has 0 aromatic rings. The fraction of sp³-hybridized carbons (Fsp3) is 1.00. The van der Waals surface area contributed by atoms with Crippen LogP contribution in [0.2, 0.25) is 0 Å². The third kappa shape index (κ3) is 8.18. The summed E-state index contributed by atoms with van der Waals surface area (Å²) in [4.78, 5) is 2.06. The zero-order valence-electron chi connectivity index (χ0n) is 8.92. The Morgan fingerprint density at radius 1 is 1.54 bits per heavy atom. The van der Waals surface area contributed by atoms with Crippen molar-refractivity contribution >= 4 is 0 Å². The molecule has 0 aliphatic carbocycles. The highest BCUT2D eigenvalue weighted by molar-refractivity contribution is 4.63. The van der Waals surface area contributed by atoms with Gasteiger partial charge in [-0.25, -0.2) is 0 Å². The summed E-state index contributed by atoms with van der Waals surface area (Å²) in [7, 11) is 3.66. The van der Waals surface area contributed by atoms with Crippen molar-refractivity contribution < 1.29 is 9.84 Å². The predicted molar refractivity (Wildman–Crippen MR) is 53.9 cm³/mol. The Labute approximate surface area is 80.9 Å². The van der Waals surface area contributed by atoms with Crippen molar-refractivity contribution in [1.82, 2.24) is 10.2 Å². The van der Waals surface area contributed by atoms with Gasteiger partial charge in [-0.05, 0) is 13.6 Å². The molecule has 0 bridgehead atoms. The van der Waals surface area contributed by atoms with Gasteiger partial charge in [0.25, 0.3) is 0 Å². The third-order valence-electron chi connectivity index (χ3n) is 1.83. The number of nitrogens with zero attached hydrogens (tertiary/aromatic N) is 1. The molecule has 0 aromatic heterocycles. The van der Waals surface area contributed by atoms with Crippen LogP contribution in [0.25, 0.3) is 0 Å². The largest absolute Gasteiger partial charge is 0.390 e. The molecule has 80 valence electrons. The number of nitrogens with one attached hydrogen (secondary N) is 1. The van der Waals surface area contributed by atoms with Gasteiger partial charge in [-0.2, -0.15) is 0 Å². The van der Waals surface area contributed by atoms with Gasteiger partial charge in [0, 0.05) is 26.7 Å². The van der Waals surface area contributed by atoms with Gasteiger partial charge in [0.1, 0.15) is 0 Å². The van der Waals surface area contributed by atoms with E-state index in [2.05, 4.69) is 10.2 Å². The number of rotatable bonds is 8. The van der Waals surface area contributed by atoms with Crippen molar-refractivity contribution in [2.45, 2.75) is 13.0 Å². The van der Waals surface area contributed by atoms with Crippen LogP contribution in [0.1, 0.15) is 6.92 Å². The highest BCUT2D eigenvalue weighted by Gasteiger charge is 2.06. The topological polar surface area (TPSA) is 44.7 Å². The first kappa shape index (κ1) is 12.8. The van der Waals surface area contributed by atoms with Crippen molar-refractivity contribution in [2.75, 3.05) is 46.9 Å². The Bertz CT molecular complexity index is 99.8. The fourth-order valence-corrected chi connectivity index (χ4v) is 1.07. The van der Waals surface area contributed by atoms with E-state index in [-0.39, 0.29) is 6.10 Å². The molecule has 0 radical (unpaired) electrons. The Kier molecular flexibility index (Phi) is 8.33. The van der Waals surface area contributed by atoms with E-state index in [1.165, 1.54) is 0 Å². The molecule has 0 aliphatic heterocycles. The van der Waals surface area contributed by atoms with E-state index in [1.807, 2.05) is 14.0 Å². The monoisotopic (exact) mass is 190 g/mol. The maximum absolute atomic E-state index is 9.51. The quantitative estimate of drug-likeness (QED) is 0.543. The highest BCUT2D eigenvalue weighted by atomic mass is 16.5. The van der Waals surface area contributed by atoms with Gasteiger partial charge in [0.2, 0.25) is 0 Å². The van der Waals surface area contributed by atoms with Crippen molar-refractivity contribution in [1.29, 1.82) is 0 Å². The van der Waals surface area contributed by atoms with Gasteiger partial charge in [0.15, 0.2) is 0 Å². The smallest absolute Gasteiger partial charge is 0.0791 e. The lowest BCUT2D eigenvalue weighted by Crippen LogP contribution is -2.37. The molecule has 0 heterocycles. The van der Waals surface area contributed by atoms with Gasteiger partial charge in [-0.15, -0.1) is 0 Å². The van der Waals surface area contributed by atoms with Crippen LogP contribution in [0.4, 0.5) is 0 Å². The molecule has 0 fully saturated rings. The number of hydrogen-bond donors (Lipinski definition) is 2. The van der Waals surface area contributed by atoms with Crippen LogP contribution in [0.5, 0.6) is 0 Å². The predicted octanol–water partition coefficient (Wildman–Crippen LogP) is -0.465. The first-order chi connectivity index (χ1) is 6.20. The van der Waals surface area contributed by atoms with Crippen LogP contribution in [-0.4, -0.2) is 63.1 Å². The van der Waals surface area contributed by atoms with Crippen molar-refractivity contribution in [3.8, 4) is 0 Å². The average molecular weight is 190 g/mol. The molecule has 0 aliphatic rings. The molecule has 0 saturated heterocycles. The summed E-state index contributed by atoms with van der Waals surface area (Å²) >= 11 is 0. The Balaban J connectivity index is 3.35. The second-order valence-corrected chi connectivity index (χ2v) is 3.22. The van der Waals surface area contributed by atoms with Crippen LogP contribution in [-0.2, 0) is 4.74 Å². The Morgan fingerprint density at radius 2 is 2.23 bits per heavy atom. The molecule has 0 saturated carbocycles. The maximum atomic E-state index is 9.51. The molecule has 4 heteroatoms. The summed E-state index contributed by atoms with van der Waals surface area (Å²) in [6.07, 6.45) is -0.290. The number of aliphatic hydroxyl groups is 1. The van der Waals surface area contributed by atoms with E-state index in [4.69, 9.17) is 4.74 Å². The van der Waals surface area contributed by atoms with E-state index in [9.17, 15) is 5.11 Å². The van der Waals surface area contributed by atoms with Gasteiger partial charge in [-0.1, -0.05) is 6.92 Å². The lowest BCUT2D eigenvalue weighted by atomic mass is 10.3. The zero-order chi connectivity index (χ0) is 10.1. The summed E-state index contributed by atoms with van der Waals surface area (Å²) in [6, 6.07) is 0. The molecule has 0 amide bonds. The number of aliphatic hydroxyl groups excluding tert-OH is 1. The first-order valence-corrected chi connectivity index (χ1v) is 4.77. The van der Waals surface area contributed by atoms with Crippen molar-refractivity contribution in [3.63, 3.8) is 0 Å². The number of likely N-dealkylation sites (N-methyl/N-ethyl adjacent to an activating group) is 2. The second-order valence-electron chi connectivity index (χ2n) is 3.22. The first-order valence-electron chi connectivity index (χ1n) is 4.77. The minimum atomic E-state index is -0.290. The normalized spacial score (nSPS) is 13.6. The van der Waals surface area contributed by atoms with Gasteiger partial charge in [0.05, 0.1) is 12.7 Å². The lowest BCUT2D eigenvalue weighted by Gasteiger charge is -2.20. The lowest BCUT2D eigenvalue weighted by molar-refractivity contribution is 0.103. The van der Waals surface area contributed by atoms with Crippen molar-refractivity contribution in [3.05, 3.63) is 0 Å². The fourth-order valence-electron chi connectivity index (χ4n) is 1.07. The molecule has 0 spiro atoms. The Morgan fingerprint density at radius 3 is 2.77 bits per heavy atom. The second kappa shape index (κ2) is 8.44. The number of methoxy groups -OCH3 is 1. The molecular weight excluding hydrogens is 168 g/mol. The van der Waals surface area contributed by atoms with E-state index in [0.717, 1.165) is 13.1 Å². The third-order valence-corrected chi connectivity index (χ3v) is 1.83. The van der Waals surface area contributed by atoms with Crippen LogP contribution in [0.15, 0.2) is 0 Å². The SMILES string of the molecule is CCNCC(O)CN(C)CCOC. The van der Waals surface area contributed by atoms with E-state index >= 15 is 0 Å². The van der Waals surface area contributed by atoms with E-state index in [1.54, 1.807) is 7.11 Å². The molecule has 4 nitrogen and oxygen atoms in total. The van der Waals surface area contributed by atoms with Crippen molar-refractivity contribution in [2.24, 2.45) is 0 Å². The minimum absolute atomic E-state index is 0.290. The molecule has 1 unspecified atom stereocenters. The van der Waals surface area contributed by atoms with E-state index < -0.39 is 0 Å². The molecule has 0 rings (SSSR count). The van der Waals surface area contributed by atoms with Crippen LogP contribution in [0, 0.1) is 0 Å². The van der Waals surface area contributed by atoms with E-state index in [0.29, 0.717) is 19.7 Å². The number of ether oxygens (including phenoxy) is 1. The molecule has 2 N–H and O–H groups in total. The molecular formula is C9H22N2O2. The summed E-state index contributed by atoms with van der Waals surface area (Å²) in [6.45, 7) is 5.86. The van der Waals surface area contributed by atoms with Crippen LogP contribution < -0.4 is 5.32 Å². The minimum Gasteiger partial charge on any atom is -0.390 e. The summed E-state index contributed by atoms with van der Waals surface area (Å²) in [5.74, 6) is 0. The molecule has 13 heavy (non-hydrogen) atoms. The molecule has 0 aromatic carbocycles. The Hall–Kier alpha value is -0.160. The average Bonchev–Trinajstić information content (AvgIpc) is 2.11. The van der Waals surface area contributed by atoms with Gasteiger partial charge >= 0.3 is 0 Å². The summed E-state index contributed by atoms with van der Waals surface area (Å²) in [5, 5.41) is 12.6. The van der Waals surface area contributed by atoms with Crippen LogP contribution in [0.3, 0.4) is 0 Å². The zero-order valence-corrected chi connectivity index (χ0v) is 8.92. The summed E-state index contributed by atoms with van der Waals surface area (Å²) in [5.41, 5.74) is 0. The standard InChI is InChI=1S/C9H22N2O2/c1-4-10-7-9(12)8-11(2)5-6-13-3/h9-10,12H,4-8H2,1-3H3. The van der Waals surface area contributed by atoms with Gasteiger partial charge in [-0.3, -0.25) is 0 Å². The highest BCUT2D eigenvalue weighted by Crippen LogP contribution is 1.88.